The summed E-state index contributed by atoms with van der Waals surface area (Å²) in [4.78, 5) is 0. The van der Waals surface area contributed by atoms with Crippen LogP contribution in [0.4, 0.5) is 5.69 Å². The lowest BCUT2D eigenvalue weighted by atomic mass is 10.2. The van der Waals surface area contributed by atoms with E-state index >= 15 is 0 Å². The molecule has 5 nitrogen and oxygen atoms in total. The van der Waals surface area contributed by atoms with Gasteiger partial charge in [0.15, 0.2) is 11.5 Å². The van der Waals surface area contributed by atoms with Gasteiger partial charge in [-0.2, -0.15) is 5.10 Å². The van der Waals surface area contributed by atoms with Crippen LogP contribution in [0.25, 0.3) is 0 Å². The Morgan fingerprint density at radius 2 is 1.57 bits per heavy atom. The van der Waals surface area contributed by atoms with E-state index in [4.69, 9.17) is 37.4 Å². The second-order valence-electron chi connectivity index (χ2n) is 4.46. The highest BCUT2D eigenvalue weighted by atomic mass is 35.5. The van der Waals surface area contributed by atoms with Gasteiger partial charge in [-0.15, -0.1) is 0 Å². The van der Waals surface area contributed by atoms with Gasteiger partial charge in [0.1, 0.15) is 0 Å². The first-order valence-corrected chi connectivity index (χ1v) is 7.38. The molecule has 1 N–H and O–H groups in total. The third-order valence-electron chi connectivity index (χ3n) is 3.01. The number of nitrogens with zero attached hydrogens (tertiary/aromatic N) is 1. The minimum atomic E-state index is 0.458. The van der Waals surface area contributed by atoms with Gasteiger partial charge >= 0.3 is 0 Å². The third kappa shape index (κ3) is 4.21. The lowest BCUT2D eigenvalue weighted by Crippen LogP contribution is -1.97. The first kappa shape index (κ1) is 17.2. The van der Waals surface area contributed by atoms with E-state index in [0.717, 1.165) is 11.3 Å². The molecule has 0 unspecified atom stereocenters. The Kier molecular flexibility index (Phi) is 5.96. The molecule has 0 aliphatic carbocycles. The second kappa shape index (κ2) is 7.94. The molecular weight excluding hydrogens is 339 g/mol. The predicted octanol–water partition coefficient (Wildman–Crippen LogP) is 4.47. The van der Waals surface area contributed by atoms with E-state index in [1.807, 2.05) is 0 Å². The number of ether oxygens (including phenoxy) is 3. The van der Waals surface area contributed by atoms with Crippen LogP contribution in [-0.2, 0) is 0 Å². The molecule has 0 fully saturated rings. The number of anilines is 1. The Morgan fingerprint density at radius 3 is 2.09 bits per heavy atom. The van der Waals surface area contributed by atoms with Gasteiger partial charge in [0.25, 0.3) is 0 Å². The van der Waals surface area contributed by atoms with Crippen molar-refractivity contribution in [1.82, 2.24) is 0 Å². The highest BCUT2D eigenvalue weighted by Gasteiger charge is 2.12. The Bertz CT molecular complexity index is 695. The van der Waals surface area contributed by atoms with Crippen molar-refractivity contribution in [3.8, 4) is 17.2 Å². The minimum absolute atomic E-state index is 0.458. The van der Waals surface area contributed by atoms with Gasteiger partial charge in [-0.3, -0.25) is 5.43 Å². The Morgan fingerprint density at radius 1 is 0.913 bits per heavy atom. The number of hydrazone groups is 1. The monoisotopic (exact) mass is 354 g/mol. The van der Waals surface area contributed by atoms with Crippen molar-refractivity contribution in [3.05, 3.63) is 45.9 Å². The van der Waals surface area contributed by atoms with Crippen molar-refractivity contribution in [2.24, 2.45) is 5.10 Å². The summed E-state index contributed by atoms with van der Waals surface area (Å²) in [6.45, 7) is 0. The topological polar surface area (TPSA) is 52.1 Å². The van der Waals surface area contributed by atoms with E-state index in [0.29, 0.717) is 27.3 Å². The number of hydrogen-bond acceptors (Lipinski definition) is 5. The molecule has 0 bridgehead atoms. The van der Waals surface area contributed by atoms with Crippen LogP contribution in [0.15, 0.2) is 35.4 Å². The quantitative estimate of drug-likeness (QED) is 0.614. The smallest absolute Gasteiger partial charge is 0.203 e. The number of nitrogens with one attached hydrogen (secondary N) is 1. The second-order valence-corrected chi connectivity index (χ2v) is 5.27. The molecular formula is C16H16Cl2N2O3. The van der Waals surface area contributed by atoms with Gasteiger partial charge in [-0.1, -0.05) is 23.2 Å². The molecule has 0 aliphatic heterocycles. The SMILES string of the molecule is COc1cc(/C=N/Nc2ccc(Cl)c(Cl)c2)cc(OC)c1OC. The van der Waals surface area contributed by atoms with E-state index < -0.39 is 0 Å². The van der Waals surface area contributed by atoms with Crippen LogP contribution in [0.5, 0.6) is 17.2 Å². The maximum Gasteiger partial charge on any atom is 0.203 e. The summed E-state index contributed by atoms with van der Waals surface area (Å²) in [6, 6.07) is 8.75. The van der Waals surface area contributed by atoms with Crippen molar-refractivity contribution < 1.29 is 14.2 Å². The average molecular weight is 355 g/mol. The zero-order valence-electron chi connectivity index (χ0n) is 12.9. The summed E-state index contributed by atoms with van der Waals surface area (Å²) in [6.07, 6.45) is 1.63. The number of methoxy groups -OCH3 is 3. The lowest BCUT2D eigenvalue weighted by Gasteiger charge is -2.12. The van der Waals surface area contributed by atoms with E-state index in [2.05, 4.69) is 10.5 Å². The average Bonchev–Trinajstić information content (AvgIpc) is 2.57. The van der Waals surface area contributed by atoms with Crippen LogP contribution >= 0.6 is 23.2 Å². The minimum Gasteiger partial charge on any atom is -0.493 e. The van der Waals surface area contributed by atoms with Gasteiger partial charge < -0.3 is 14.2 Å². The number of benzene rings is 2. The van der Waals surface area contributed by atoms with Gasteiger partial charge in [-0.05, 0) is 30.3 Å². The number of rotatable bonds is 6. The Balaban J connectivity index is 2.20. The van der Waals surface area contributed by atoms with Crippen LogP contribution in [0.1, 0.15) is 5.56 Å². The standard InChI is InChI=1S/C16H16Cl2N2O3/c1-21-14-6-10(7-15(22-2)16(14)23-3)9-19-20-11-4-5-12(17)13(18)8-11/h4-9,20H,1-3H3/b19-9+. The number of hydrogen-bond donors (Lipinski definition) is 1. The highest BCUT2D eigenvalue weighted by molar-refractivity contribution is 6.42. The maximum atomic E-state index is 5.95. The van der Waals surface area contributed by atoms with Gasteiger partial charge in [0, 0.05) is 5.56 Å². The zero-order valence-corrected chi connectivity index (χ0v) is 14.4. The third-order valence-corrected chi connectivity index (χ3v) is 3.75. The largest absolute Gasteiger partial charge is 0.493 e. The maximum absolute atomic E-state index is 5.95. The zero-order chi connectivity index (χ0) is 16.8. The molecule has 0 atom stereocenters. The summed E-state index contributed by atoms with van der Waals surface area (Å²) in [5.74, 6) is 1.65. The molecule has 2 rings (SSSR count). The fourth-order valence-electron chi connectivity index (χ4n) is 1.92. The van der Waals surface area contributed by atoms with E-state index in [9.17, 15) is 0 Å². The summed E-state index contributed by atoms with van der Waals surface area (Å²) in [5, 5.41) is 5.11. The highest BCUT2D eigenvalue weighted by Crippen LogP contribution is 2.37. The molecule has 0 spiro atoms. The van der Waals surface area contributed by atoms with Gasteiger partial charge in [0.05, 0.1) is 43.3 Å². The summed E-state index contributed by atoms with van der Waals surface area (Å²) < 4.78 is 15.9. The van der Waals surface area contributed by atoms with Crippen LogP contribution in [0.2, 0.25) is 10.0 Å². The first-order chi connectivity index (χ1) is 11.1. The lowest BCUT2D eigenvalue weighted by molar-refractivity contribution is 0.324. The van der Waals surface area contributed by atoms with E-state index in [1.165, 1.54) is 0 Å². The molecule has 7 heteroatoms. The van der Waals surface area contributed by atoms with Crippen LogP contribution in [-0.4, -0.2) is 27.5 Å². The molecule has 0 heterocycles. The van der Waals surface area contributed by atoms with Gasteiger partial charge in [-0.25, -0.2) is 0 Å². The molecule has 23 heavy (non-hydrogen) atoms. The normalized spacial score (nSPS) is 10.7. The first-order valence-electron chi connectivity index (χ1n) is 6.63. The van der Waals surface area contributed by atoms with Crippen molar-refractivity contribution in [1.29, 1.82) is 0 Å². The van der Waals surface area contributed by atoms with Crippen LogP contribution in [0, 0.1) is 0 Å². The van der Waals surface area contributed by atoms with Crippen LogP contribution < -0.4 is 19.6 Å². The van der Waals surface area contributed by atoms with Crippen molar-refractivity contribution in [3.63, 3.8) is 0 Å². The summed E-state index contributed by atoms with van der Waals surface area (Å²) in [5.41, 5.74) is 4.39. The summed E-state index contributed by atoms with van der Waals surface area (Å²) >= 11 is 11.8. The molecule has 0 amide bonds. The van der Waals surface area contributed by atoms with Crippen molar-refractivity contribution >= 4 is 35.1 Å². The molecule has 0 saturated heterocycles. The fourth-order valence-corrected chi connectivity index (χ4v) is 2.22. The van der Waals surface area contributed by atoms with Crippen molar-refractivity contribution in [2.45, 2.75) is 0 Å². The molecule has 0 saturated carbocycles. The molecule has 0 aliphatic rings. The molecule has 2 aromatic rings. The Labute approximate surface area is 144 Å². The fraction of sp³-hybridized carbons (Fsp3) is 0.188. The molecule has 2 aromatic carbocycles. The van der Waals surface area contributed by atoms with E-state index in [1.54, 1.807) is 57.9 Å². The molecule has 0 radical (unpaired) electrons. The predicted molar refractivity (Wildman–Crippen MR) is 93.8 cm³/mol. The molecule has 122 valence electrons. The van der Waals surface area contributed by atoms with Crippen LogP contribution in [0.3, 0.4) is 0 Å². The van der Waals surface area contributed by atoms with Gasteiger partial charge in [0.2, 0.25) is 5.75 Å². The van der Waals surface area contributed by atoms with E-state index in [-0.39, 0.29) is 0 Å². The van der Waals surface area contributed by atoms with Crippen molar-refractivity contribution in [2.75, 3.05) is 26.8 Å². The summed E-state index contributed by atoms with van der Waals surface area (Å²) in [7, 11) is 4.68. The number of halogens is 2. The molecule has 0 aromatic heterocycles. The Hall–Kier alpha value is -2.11.